The maximum atomic E-state index is 5.28. The summed E-state index contributed by atoms with van der Waals surface area (Å²) in [7, 11) is 1.73. The summed E-state index contributed by atoms with van der Waals surface area (Å²) in [6.07, 6.45) is 6.37. The minimum absolute atomic E-state index is 0.581. The highest BCUT2D eigenvalue weighted by Gasteiger charge is 2.29. The largest absolute Gasteiger partial charge is 0.497 e. The van der Waals surface area contributed by atoms with Crippen LogP contribution in [0.4, 0.5) is 0 Å². The first-order valence-corrected chi connectivity index (χ1v) is 9.42. The first-order chi connectivity index (χ1) is 12.3. The van der Waals surface area contributed by atoms with Gasteiger partial charge in [-0.1, -0.05) is 54.1 Å². The van der Waals surface area contributed by atoms with Gasteiger partial charge in [-0.25, -0.2) is 0 Å². The Morgan fingerprint density at radius 1 is 1.00 bits per heavy atom. The van der Waals surface area contributed by atoms with Crippen LogP contribution in [-0.4, -0.2) is 25.1 Å². The Bertz CT molecular complexity index is 720. The molecule has 1 aliphatic carbocycles. The average molecular weight is 333 g/mol. The summed E-state index contributed by atoms with van der Waals surface area (Å²) in [5.41, 5.74) is 4.55. The zero-order chi connectivity index (χ0) is 17.1. The van der Waals surface area contributed by atoms with Gasteiger partial charge < -0.3 is 4.74 Å². The summed E-state index contributed by atoms with van der Waals surface area (Å²) in [5, 5.41) is 0. The molecular weight excluding hydrogens is 306 g/mol. The fourth-order valence-corrected chi connectivity index (χ4v) is 4.33. The lowest BCUT2D eigenvalue weighted by molar-refractivity contribution is 0.193. The summed E-state index contributed by atoms with van der Waals surface area (Å²) in [4.78, 5) is 2.63. The van der Waals surface area contributed by atoms with E-state index in [1.165, 1.54) is 43.5 Å². The average Bonchev–Trinajstić information content (AvgIpc) is 2.68. The van der Waals surface area contributed by atoms with Gasteiger partial charge >= 0.3 is 0 Å². The number of methoxy groups -OCH3 is 1. The van der Waals surface area contributed by atoms with Gasteiger partial charge in [-0.05, 0) is 48.4 Å². The Labute approximate surface area is 151 Å². The lowest BCUT2D eigenvalue weighted by atomic mass is 9.76. The van der Waals surface area contributed by atoms with Gasteiger partial charge in [0.05, 0.1) is 7.11 Å². The molecule has 0 aromatic heterocycles. The Hall–Kier alpha value is -2.06. The van der Waals surface area contributed by atoms with Crippen molar-refractivity contribution in [3.8, 4) is 5.75 Å². The predicted molar refractivity (Wildman–Crippen MR) is 103 cm³/mol. The molecule has 0 radical (unpaired) electrons. The van der Waals surface area contributed by atoms with Crippen LogP contribution in [0.2, 0.25) is 0 Å². The Kier molecular flexibility index (Phi) is 4.89. The van der Waals surface area contributed by atoms with E-state index in [1.54, 1.807) is 12.7 Å². The van der Waals surface area contributed by atoms with Crippen LogP contribution in [-0.2, 0) is 6.54 Å². The molecule has 0 N–H and O–H groups in total. The number of hydrogen-bond donors (Lipinski definition) is 0. The molecule has 2 nitrogen and oxygen atoms in total. The number of nitrogens with zero attached hydrogens (tertiary/aromatic N) is 1. The molecule has 1 aliphatic heterocycles. The first-order valence-electron chi connectivity index (χ1n) is 9.42. The molecule has 0 saturated carbocycles. The summed E-state index contributed by atoms with van der Waals surface area (Å²) in [5.74, 6) is 2.28. The van der Waals surface area contributed by atoms with E-state index in [4.69, 9.17) is 4.74 Å². The van der Waals surface area contributed by atoms with Crippen LogP contribution in [0.15, 0.2) is 66.2 Å². The fourth-order valence-electron chi connectivity index (χ4n) is 4.33. The van der Waals surface area contributed by atoms with Crippen LogP contribution in [0.5, 0.6) is 5.75 Å². The number of fused-ring (bicyclic) bond motifs is 1. The molecule has 2 aromatic rings. The van der Waals surface area contributed by atoms with Gasteiger partial charge in [-0.15, -0.1) is 0 Å². The van der Waals surface area contributed by atoms with Crippen molar-refractivity contribution in [2.45, 2.75) is 31.7 Å². The molecule has 1 heterocycles. The molecule has 25 heavy (non-hydrogen) atoms. The Morgan fingerprint density at radius 2 is 1.80 bits per heavy atom. The monoisotopic (exact) mass is 333 g/mol. The standard InChI is InChI=1S/C23H27NO/c1-25-23-11-9-19(10-12-23)20-7-8-22-17-24(14-13-21(22)15-20)16-18-5-3-2-4-6-18/h2-6,9-12,15,20,22H,7-8,13-14,16-17H2,1H3. The third kappa shape index (κ3) is 3.80. The summed E-state index contributed by atoms with van der Waals surface area (Å²) in [6, 6.07) is 19.5. The lowest BCUT2D eigenvalue weighted by Crippen LogP contribution is -2.37. The maximum Gasteiger partial charge on any atom is 0.118 e. The van der Waals surface area contributed by atoms with Crippen LogP contribution in [0, 0.1) is 5.92 Å². The van der Waals surface area contributed by atoms with Crippen LogP contribution >= 0.6 is 0 Å². The van der Waals surface area contributed by atoms with Gasteiger partial charge in [-0.3, -0.25) is 4.90 Å². The van der Waals surface area contributed by atoms with E-state index in [1.807, 2.05) is 0 Å². The van der Waals surface area contributed by atoms with Crippen molar-refractivity contribution in [1.29, 1.82) is 0 Å². The van der Waals surface area contributed by atoms with E-state index in [-0.39, 0.29) is 0 Å². The second-order valence-electron chi connectivity index (χ2n) is 7.37. The SMILES string of the molecule is COc1ccc(C2C=C3CCN(Cc4ccccc4)CC3CC2)cc1. The van der Waals surface area contributed by atoms with Crippen molar-refractivity contribution in [3.05, 3.63) is 77.4 Å². The van der Waals surface area contributed by atoms with Crippen LogP contribution in [0.3, 0.4) is 0 Å². The van der Waals surface area contributed by atoms with Crippen LogP contribution in [0.25, 0.3) is 0 Å². The molecule has 2 aliphatic rings. The van der Waals surface area contributed by atoms with E-state index in [0.29, 0.717) is 5.92 Å². The maximum absolute atomic E-state index is 5.28. The molecule has 2 heteroatoms. The van der Waals surface area contributed by atoms with Crippen molar-refractivity contribution >= 4 is 0 Å². The molecule has 2 unspecified atom stereocenters. The van der Waals surface area contributed by atoms with Gasteiger partial charge in [0.25, 0.3) is 0 Å². The Morgan fingerprint density at radius 3 is 2.56 bits per heavy atom. The van der Waals surface area contributed by atoms with Crippen molar-refractivity contribution in [3.63, 3.8) is 0 Å². The van der Waals surface area contributed by atoms with E-state index >= 15 is 0 Å². The molecular formula is C23H27NO. The zero-order valence-corrected chi connectivity index (χ0v) is 15.0. The highest BCUT2D eigenvalue weighted by molar-refractivity contribution is 5.34. The van der Waals surface area contributed by atoms with Crippen molar-refractivity contribution in [2.24, 2.45) is 5.92 Å². The number of likely N-dealkylation sites (tertiary alicyclic amines) is 1. The number of ether oxygens (including phenoxy) is 1. The normalized spacial score (nSPS) is 23.6. The molecule has 2 atom stereocenters. The van der Waals surface area contributed by atoms with Crippen molar-refractivity contribution in [2.75, 3.05) is 20.2 Å². The number of rotatable bonds is 4. The first kappa shape index (κ1) is 16.4. The minimum Gasteiger partial charge on any atom is -0.497 e. The highest BCUT2D eigenvalue weighted by atomic mass is 16.5. The van der Waals surface area contributed by atoms with Gasteiger partial charge in [0.2, 0.25) is 0 Å². The number of allylic oxidation sites excluding steroid dienone is 1. The molecule has 0 spiro atoms. The van der Waals surface area contributed by atoms with Crippen molar-refractivity contribution < 1.29 is 4.74 Å². The van der Waals surface area contributed by atoms with Crippen LogP contribution < -0.4 is 4.74 Å². The third-order valence-electron chi connectivity index (χ3n) is 5.75. The van der Waals surface area contributed by atoms with E-state index in [2.05, 4.69) is 65.6 Å². The lowest BCUT2D eigenvalue weighted by Gasteiger charge is -2.38. The molecule has 1 saturated heterocycles. The number of hydrogen-bond acceptors (Lipinski definition) is 2. The third-order valence-corrected chi connectivity index (χ3v) is 5.75. The molecule has 130 valence electrons. The Balaban J connectivity index is 1.41. The van der Waals surface area contributed by atoms with Crippen molar-refractivity contribution in [1.82, 2.24) is 4.90 Å². The van der Waals surface area contributed by atoms with Crippen LogP contribution in [0.1, 0.15) is 36.3 Å². The second kappa shape index (κ2) is 7.45. The van der Waals surface area contributed by atoms with E-state index in [9.17, 15) is 0 Å². The van der Waals surface area contributed by atoms with E-state index < -0.39 is 0 Å². The van der Waals surface area contributed by atoms with Gasteiger partial charge in [0, 0.05) is 25.6 Å². The molecule has 0 amide bonds. The van der Waals surface area contributed by atoms with E-state index in [0.717, 1.165) is 18.2 Å². The topological polar surface area (TPSA) is 12.5 Å². The summed E-state index contributed by atoms with van der Waals surface area (Å²) >= 11 is 0. The highest BCUT2D eigenvalue weighted by Crippen LogP contribution is 2.39. The van der Waals surface area contributed by atoms with Gasteiger partial charge in [-0.2, -0.15) is 0 Å². The zero-order valence-electron chi connectivity index (χ0n) is 15.0. The minimum atomic E-state index is 0.581. The number of benzene rings is 2. The predicted octanol–water partition coefficient (Wildman–Crippen LogP) is 5.02. The second-order valence-corrected chi connectivity index (χ2v) is 7.37. The quantitative estimate of drug-likeness (QED) is 0.728. The smallest absolute Gasteiger partial charge is 0.118 e. The molecule has 2 aromatic carbocycles. The van der Waals surface area contributed by atoms with Gasteiger partial charge in [0.15, 0.2) is 0 Å². The molecule has 0 bridgehead atoms. The number of piperidine rings is 1. The fraction of sp³-hybridized carbons (Fsp3) is 0.391. The summed E-state index contributed by atoms with van der Waals surface area (Å²) < 4.78 is 5.28. The summed E-state index contributed by atoms with van der Waals surface area (Å²) in [6.45, 7) is 3.50. The van der Waals surface area contributed by atoms with Gasteiger partial charge in [0.1, 0.15) is 5.75 Å². The molecule has 4 rings (SSSR count). The molecule has 1 fully saturated rings.